The Hall–Kier alpha value is -2.22. The zero-order valence-corrected chi connectivity index (χ0v) is 9.35. The van der Waals surface area contributed by atoms with Gasteiger partial charge in [0.15, 0.2) is 0 Å². The normalized spacial score (nSPS) is 16.9. The van der Waals surface area contributed by atoms with Crippen molar-refractivity contribution in [1.82, 2.24) is 9.88 Å². The number of aromatic nitrogens is 1. The molecule has 0 radical (unpaired) electrons. The molecule has 0 aliphatic carbocycles. The van der Waals surface area contributed by atoms with Gasteiger partial charge in [0.05, 0.1) is 5.70 Å². The molecule has 1 N–H and O–H groups in total. The van der Waals surface area contributed by atoms with Crippen LogP contribution in [0.1, 0.15) is 0 Å². The van der Waals surface area contributed by atoms with Crippen molar-refractivity contribution in [1.29, 1.82) is 0 Å². The third kappa shape index (κ3) is 1.15. The second kappa shape index (κ2) is 3.14. The Kier molecular flexibility index (Phi) is 1.64. The number of H-pyrrole nitrogens is 1. The van der Waals surface area contributed by atoms with E-state index in [1.807, 2.05) is 0 Å². The Balaban J connectivity index is 2.25. The van der Waals surface area contributed by atoms with Gasteiger partial charge < -0.3 is 9.88 Å². The number of nitrogens with one attached hydrogen (secondary N) is 1. The van der Waals surface area contributed by atoms with Gasteiger partial charge in [0, 0.05) is 34.2 Å². The van der Waals surface area contributed by atoms with E-state index in [1.165, 1.54) is 27.2 Å². The van der Waals surface area contributed by atoms with E-state index in [1.54, 1.807) is 0 Å². The fraction of sp³-hybridized carbons (Fsp3) is 0.0667. The number of hydrogen-bond donors (Lipinski definition) is 1. The molecule has 0 fully saturated rings. The van der Waals surface area contributed by atoms with Crippen LogP contribution in [0.3, 0.4) is 0 Å². The molecule has 1 aromatic heterocycles. The Morgan fingerprint density at radius 3 is 3.06 bits per heavy atom. The number of para-hydroxylation sites is 1. The average Bonchev–Trinajstić information content (AvgIpc) is 2.77. The van der Waals surface area contributed by atoms with E-state index in [9.17, 15) is 0 Å². The van der Waals surface area contributed by atoms with E-state index < -0.39 is 0 Å². The maximum absolute atomic E-state index is 3.49. The molecular formula is C15H12N2. The first kappa shape index (κ1) is 8.88. The fourth-order valence-electron chi connectivity index (χ4n) is 2.64. The molecule has 82 valence electrons. The van der Waals surface area contributed by atoms with Crippen molar-refractivity contribution >= 4 is 22.7 Å². The molecule has 2 aliphatic heterocycles. The van der Waals surface area contributed by atoms with E-state index in [2.05, 4.69) is 64.7 Å². The molecule has 0 atom stereocenters. The molecule has 0 amide bonds. The summed E-state index contributed by atoms with van der Waals surface area (Å²) in [5.41, 5.74) is 2.51. The van der Waals surface area contributed by atoms with Crippen molar-refractivity contribution in [2.45, 2.75) is 0 Å². The maximum Gasteiger partial charge on any atom is 0.0510 e. The second-order valence-electron chi connectivity index (χ2n) is 4.40. The largest absolute Gasteiger partial charge is 0.355 e. The van der Waals surface area contributed by atoms with Gasteiger partial charge in [-0.2, -0.15) is 0 Å². The zero-order chi connectivity index (χ0) is 11.2. The van der Waals surface area contributed by atoms with Crippen LogP contribution in [-0.4, -0.2) is 16.4 Å². The summed E-state index contributed by atoms with van der Waals surface area (Å²) in [6.45, 7) is 0.940. The van der Waals surface area contributed by atoms with E-state index in [4.69, 9.17) is 0 Å². The lowest BCUT2D eigenvalue weighted by molar-refractivity contribution is 0.597. The molecule has 4 rings (SSSR count). The van der Waals surface area contributed by atoms with Crippen molar-refractivity contribution in [2.24, 2.45) is 0 Å². The standard InChI is InChI=1S/C15H12N2/c1-2-6-12-11(5-1)15-13(16-12)8-10-17-9-4-3-7-14(15)17/h1-9,16H,10H2. The minimum absolute atomic E-state index is 0.940. The topological polar surface area (TPSA) is 19.0 Å². The first-order valence-electron chi connectivity index (χ1n) is 5.86. The Morgan fingerprint density at radius 2 is 2.06 bits per heavy atom. The fourth-order valence-corrected chi connectivity index (χ4v) is 2.64. The molecule has 2 aliphatic rings. The van der Waals surface area contributed by atoms with Crippen molar-refractivity contribution in [3.8, 4) is 0 Å². The molecule has 17 heavy (non-hydrogen) atoms. The van der Waals surface area contributed by atoms with Crippen LogP contribution in [0.2, 0.25) is 0 Å². The molecule has 0 saturated heterocycles. The van der Waals surface area contributed by atoms with Gasteiger partial charge in [-0.3, -0.25) is 0 Å². The van der Waals surface area contributed by atoms with Gasteiger partial charge in [0.1, 0.15) is 0 Å². The highest BCUT2D eigenvalue weighted by atomic mass is 15.1. The van der Waals surface area contributed by atoms with Gasteiger partial charge in [-0.1, -0.05) is 24.3 Å². The van der Waals surface area contributed by atoms with Crippen molar-refractivity contribution in [3.63, 3.8) is 0 Å². The molecule has 0 saturated carbocycles. The van der Waals surface area contributed by atoms with Crippen molar-refractivity contribution in [3.05, 3.63) is 59.3 Å². The van der Waals surface area contributed by atoms with Gasteiger partial charge in [0.2, 0.25) is 0 Å². The predicted octanol–water partition coefficient (Wildman–Crippen LogP) is 1.46. The lowest BCUT2D eigenvalue weighted by Crippen LogP contribution is -2.37. The smallest absolute Gasteiger partial charge is 0.0510 e. The summed E-state index contributed by atoms with van der Waals surface area (Å²) in [6, 6.07) is 8.48. The minimum atomic E-state index is 0.940. The first-order chi connectivity index (χ1) is 8.43. The summed E-state index contributed by atoms with van der Waals surface area (Å²) in [6.07, 6.45) is 10.8. The summed E-state index contributed by atoms with van der Waals surface area (Å²) in [4.78, 5) is 5.77. The van der Waals surface area contributed by atoms with Crippen LogP contribution in [-0.2, 0) is 0 Å². The monoisotopic (exact) mass is 220 g/mol. The molecule has 2 heteroatoms. The van der Waals surface area contributed by atoms with Crippen molar-refractivity contribution in [2.75, 3.05) is 6.54 Å². The number of allylic oxidation sites excluding steroid dienone is 2. The first-order valence-corrected chi connectivity index (χ1v) is 5.86. The summed E-state index contributed by atoms with van der Waals surface area (Å²) in [5.74, 6) is 0. The summed E-state index contributed by atoms with van der Waals surface area (Å²) >= 11 is 0. The Morgan fingerprint density at radius 1 is 1.12 bits per heavy atom. The number of hydrogen-bond acceptors (Lipinski definition) is 1. The quantitative estimate of drug-likeness (QED) is 0.712. The number of rotatable bonds is 0. The van der Waals surface area contributed by atoms with E-state index in [-0.39, 0.29) is 0 Å². The molecule has 0 spiro atoms. The van der Waals surface area contributed by atoms with E-state index in [0.29, 0.717) is 0 Å². The van der Waals surface area contributed by atoms with E-state index in [0.717, 1.165) is 6.54 Å². The SMILES string of the molecule is C1=CC2=c3c([nH]c4ccccc34)=CCN2C=C1. The molecule has 2 aromatic rings. The highest BCUT2D eigenvalue weighted by Crippen LogP contribution is 2.15. The lowest BCUT2D eigenvalue weighted by atomic mass is 10.1. The molecule has 3 heterocycles. The van der Waals surface area contributed by atoms with Crippen LogP contribution < -0.4 is 10.6 Å². The number of nitrogens with zero attached hydrogens (tertiary/aromatic N) is 1. The average molecular weight is 220 g/mol. The van der Waals surface area contributed by atoms with Gasteiger partial charge in [-0.05, 0) is 24.3 Å². The lowest BCUT2D eigenvalue weighted by Gasteiger charge is -2.24. The predicted molar refractivity (Wildman–Crippen MR) is 70.4 cm³/mol. The third-order valence-electron chi connectivity index (χ3n) is 3.42. The number of aromatic amines is 1. The minimum Gasteiger partial charge on any atom is -0.355 e. The van der Waals surface area contributed by atoms with Crippen molar-refractivity contribution < 1.29 is 0 Å². The highest BCUT2D eigenvalue weighted by Gasteiger charge is 2.13. The highest BCUT2D eigenvalue weighted by molar-refractivity contribution is 5.84. The van der Waals surface area contributed by atoms with Crippen LogP contribution in [0.15, 0.2) is 48.7 Å². The summed E-state index contributed by atoms with van der Waals surface area (Å²) < 4.78 is 0. The molecule has 0 unspecified atom stereocenters. The molecular weight excluding hydrogens is 208 g/mol. The van der Waals surface area contributed by atoms with Crippen LogP contribution in [0.25, 0.3) is 22.7 Å². The Bertz CT molecular complexity index is 775. The van der Waals surface area contributed by atoms with Gasteiger partial charge >= 0.3 is 0 Å². The number of fused-ring (bicyclic) bond motifs is 4. The molecule has 1 aromatic carbocycles. The zero-order valence-electron chi connectivity index (χ0n) is 9.35. The summed E-state index contributed by atoms with van der Waals surface area (Å²) in [7, 11) is 0. The van der Waals surface area contributed by atoms with Crippen LogP contribution in [0.5, 0.6) is 0 Å². The van der Waals surface area contributed by atoms with Gasteiger partial charge in [-0.25, -0.2) is 0 Å². The Labute approximate surface area is 98.9 Å². The van der Waals surface area contributed by atoms with Crippen LogP contribution in [0.4, 0.5) is 0 Å². The second-order valence-corrected chi connectivity index (χ2v) is 4.40. The van der Waals surface area contributed by atoms with Gasteiger partial charge in [-0.15, -0.1) is 0 Å². The molecule has 2 nitrogen and oxygen atoms in total. The summed E-state index contributed by atoms with van der Waals surface area (Å²) in [5, 5.41) is 3.88. The molecule has 0 bridgehead atoms. The van der Waals surface area contributed by atoms with Crippen LogP contribution in [0, 0.1) is 0 Å². The maximum atomic E-state index is 3.49. The van der Waals surface area contributed by atoms with E-state index >= 15 is 0 Å². The van der Waals surface area contributed by atoms with Gasteiger partial charge in [0.25, 0.3) is 0 Å². The number of benzene rings is 1. The van der Waals surface area contributed by atoms with Crippen LogP contribution >= 0.6 is 0 Å². The third-order valence-corrected chi connectivity index (χ3v) is 3.42.